The number of ether oxygens (including phenoxy) is 1. The Balaban J connectivity index is 2.21. The molecule has 27 heavy (non-hydrogen) atoms. The SMILES string of the molecule is COc1ccc(-c2cccnc2-c2cc(F)c(S(N)(=O)=O)cc2F)cc1Cl. The van der Waals surface area contributed by atoms with E-state index in [9.17, 15) is 17.2 Å². The highest BCUT2D eigenvalue weighted by atomic mass is 35.5. The summed E-state index contributed by atoms with van der Waals surface area (Å²) in [5.41, 5.74) is 0.987. The second-order valence-electron chi connectivity index (χ2n) is 5.56. The van der Waals surface area contributed by atoms with Gasteiger partial charge in [0, 0.05) is 17.3 Å². The lowest BCUT2D eigenvalue weighted by Crippen LogP contribution is -2.14. The first-order valence-corrected chi connectivity index (χ1v) is 9.46. The third-order valence-corrected chi connectivity index (χ3v) is 5.08. The molecule has 140 valence electrons. The minimum atomic E-state index is -4.40. The third kappa shape index (κ3) is 3.78. The summed E-state index contributed by atoms with van der Waals surface area (Å²) in [6.07, 6.45) is 1.41. The number of pyridine rings is 1. The maximum atomic E-state index is 14.6. The fraction of sp³-hybridized carbons (Fsp3) is 0.0556. The third-order valence-electron chi connectivity index (χ3n) is 3.85. The number of nitrogens with zero attached hydrogens (tertiary/aromatic N) is 1. The van der Waals surface area contributed by atoms with Gasteiger partial charge in [-0.15, -0.1) is 0 Å². The van der Waals surface area contributed by atoms with Crippen LogP contribution in [0.25, 0.3) is 22.4 Å². The number of halogens is 3. The van der Waals surface area contributed by atoms with Crippen molar-refractivity contribution in [1.82, 2.24) is 4.98 Å². The Hall–Kier alpha value is -2.55. The Morgan fingerprint density at radius 2 is 1.81 bits per heavy atom. The number of hydrogen-bond donors (Lipinski definition) is 1. The molecule has 0 fully saturated rings. The zero-order valence-electron chi connectivity index (χ0n) is 13.9. The lowest BCUT2D eigenvalue weighted by Gasteiger charge is -2.12. The van der Waals surface area contributed by atoms with E-state index in [-0.39, 0.29) is 11.3 Å². The molecule has 3 aromatic rings. The molecule has 9 heteroatoms. The van der Waals surface area contributed by atoms with Crippen LogP contribution in [0.1, 0.15) is 0 Å². The van der Waals surface area contributed by atoms with Crippen LogP contribution in [0.15, 0.2) is 53.6 Å². The molecule has 0 aliphatic rings. The molecule has 1 aromatic heterocycles. The van der Waals surface area contributed by atoms with Gasteiger partial charge in [0.2, 0.25) is 10.0 Å². The first kappa shape index (κ1) is 19.2. The van der Waals surface area contributed by atoms with Crippen molar-refractivity contribution in [3.05, 3.63) is 65.3 Å². The van der Waals surface area contributed by atoms with Crippen molar-refractivity contribution in [1.29, 1.82) is 0 Å². The van der Waals surface area contributed by atoms with E-state index in [0.29, 0.717) is 28.0 Å². The predicted molar refractivity (Wildman–Crippen MR) is 98.0 cm³/mol. The summed E-state index contributed by atoms with van der Waals surface area (Å²) in [7, 11) is -2.92. The number of aromatic nitrogens is 1. The molecule has 3 rings (SSSR count). The molecule has 2 aromatic carbocycles. The lowest BCUT2D eigenvalue weighted by atomic mass is 9.99. The standard InChI is InChI=1S/C18H13ClF2N2O3S/c1-26-16-5-4-10(7-13(16)19)11-3-2-6-23-18(11)12-8-15(21)17(9-14(12)20)27(22,24)25/h2-9H,1H3,(H2,22,24,25). The van der Waals surface area contributed by atoms with Crippen molar-refractivity contribution >= 4 is 21.6 Å². The molecule has 5 nitrogen and oxygen atoms in total. The number of primary sulfonamides is 1. The van der Waals surface area contributed by atoms with Gasteiger partial charge < -0.3 is 4.74 Å². The van der Waals surface area contributed by atoms with E-state index in [2.05, 4.69) is 4.98 Å². The molecule has 0 aliphatic heterocycles. The van der Waals surface area contributed by atoms with E-state index in [1.807, 2.05) is 0 Å². The lowest BCUT2D eigenvalue weighted by molar-refractivity contribution is 0.415. The average molecular weight is 411 g/mol. The second-order valence-corrected chi connectivity index (χ2v) is 7.49. The number of rotatable bonds is 4. The Bertz CT molecular complexity index is 1140. The second kappa shape index (κ2) is 7.22. The Kier molecular flexibility index (Phi) is 5.14. The van der Waals surface area contributed by atoms with Gasteiger partial charge in [-0.1, -0.05) is 23.7 Å². The molecule has 0 bridgehead atoms. The Morgan fingerprint density at radius 3 is 2.44 bits per heavy atom. The van der Waals surface area contributed by atoms with E-state index in [1.54, 1.807) is 30.3 Å². The highest BCUT2D eigenvalue weighted by molar-refractivity contribution is 7.89. The molecule has 0 saturated carbocycles. The van der Waals surface area contributed by atoms with E-state index in [4.69, 9.17) is 21.5 Å². The average Bonchev–Trinajstić information content (AvgIpc) is 2.62. The van der Waals surface area contributed by atoms with Gasteiger partial charge in [0.05, 0.1) is 17.8 Å². The van der Waals surface area contributed by atoms with Gasteiger partial charge in [-0.3, -0.25) is 4.98 Å². The van der Waals surface area contributed by atoms with Gasteiger partial charge in [-0.05, 0) is 35.9 Å². The summed E-state index contributed by atoms with van der Waals surface area (Å²) in [6, 6.07) is 9.52. The summed E-state index contributed by atoms with van der Waals surface area (Å²) >= 11 is 6.15. The summed E-state index contributed by atoms with van der Waals surface area (Å²) in [6.45, 7) is 0. The first-order valence-electron chi connectivity index (χ1n) is 7.53. The van der Waals surface area contributed by atoms with Crippen LogP contribution in [0.4, 0.5) is 8.78 Å². The largest absolute Gasteiger partial charge is 0.495 e. The minimum absolute atomic E-state index is 0.121. The Labute approximate surface area is 159 Å². The molecule has 1 heterocycles. The van der Waals surface area contributed by atoms with E-state index in [0.717, 1.165) is 6.07 Å². The summed E-state index contributed by atoms with van der Waals surface area (Å²) < 4.78 is 56.6. The van der Waals surface area contributed by atoms with Crippen LogP contribution in [-0.2, 0) is 10.0 Å². The van der Waals surface area contributed by atoms with Crippen molar-refractivity contribution < 1.29 is 21.9 Å². The van der Waals surface area contributed by atoms with Crippen molar-refractivity contribution in [3.8, 4) is 28.1 Å². The van der Waals surface area contributed by atoms with E-state index >= 15 is 0 Å². The van der Waals surface area contributed by atoms with Crippen LogP contribution in [0, 0.1) is 11.6 Å². The van der Waals surface area contributed by atoms with Crippen LogP contribution in [0.2, 0.25) is 5.02 Å². The van der Waals surface area contributed by atoms with E-state index < -0.39 is 26.6 Å². The first-order chi connectivity index (χ1) is 12.7. The fourth-order valence-corrected chi connectivity index (χ4v) is 3.47. The van der Waals surface area contributed by atoms with Crippen LogP contribution >= 0.6 is 11.6 Å². The van der Waals surface area contributed by atoms with Crippen molar-refractivity contribution in [3.63, 3.8) is 0 Å². The molecule has 0 radical (unpaired) electrons. The predicted octanol–water partition coefficient (Wildman–Crippen LogP) is 4.00. The molecule has 0 spiro atoms. The van der Waals surface area contributed by atoms with Crippen LogP contribution in [0.5, 0.6) is 5.75 Å². The maximum Gasteiger partial charge on any atom is 0.241 e. The zero-order valence-corrected chi connectivity index (χ0v) is 15.5. The van der Waals surface area contributed by atoms with Gasteiger partial charge in [-0.2, -0.15) is 0 Å². The number of sulfonamides is 1. The molecule has 0 aliphatic carbocycles. The molecular weight excluding hydrogens is 398 g/mol. The monoisotopic (exact) mass is 410 g/mol. The normalized spacial score (nSPS) is 11.4. The quantitative estimate of drug-likeness (QED) is 0.704. The maximum absolute atomic E-state index is 14.6. The highest BCUT2D eigenvalue weighted by Gasteiger charge is 2.21. The van der Waals surface area contributed by atoms with Crippen molar-refractivity contribution in [2.24, 2.45) is 5.14 Å². The van der Waals surface area contributed by atoms with Gasteiger partial charge in [0.15, 0.2) is 0 Å². The van der Waals surface area contributed by atoms with Gasteiger partial charge in [0.25, 0.3) is 0 Å². The minimum Gasteiger partial charge on any atom is -0.495 e. The van der Waals surface area contributed by atoms with Crippen LogP contribution in [-0.4, -0.2) is 20.5 Å². The zero-order chi connectivity index (χ0) is 19.8. The van der Waals surface area contributed by atoms with Gasteiger partial charge in [-0.25, -0.2) is 22.3 Å². The molecule has 2 N–H and O–H groups in total. The van der Waals surface area contributed by atoms with Crippen molar-refractivity contribution in [2.75, 3.05) is 7.11 Å². The number of benzene rings is 2. The molecule has 0 saturated heterocycles. The van der Waals surface area contributed by atoms with Gasteiger partial charge >= 0.3 is 0 Å². The number of methoxy groups -OCH3 is 1. The molecular formula is C18H13ClF2N2O3S. The van der Waals surface area contributed by atoms with Crippen LogP contribution in [0.3, 0.4) is 0 Å². The number of nitrogens with two attached hydrogens (primary N) is 1. The smallest absolute Gasteiger partial charge is 0.241 e. The number of hydrogen-bond acceptors (Lipinski definition) is 4. The van der Waals surface area contributed by atoms with Crippen molar-refractivity contribution in [2.45, 2.75) is 4.90 Å². The van der Waals surface area contributed by atoms with Gasteiger partial charge in [0.1, 0.15) is 22.3 Å². The highest BCUT2D eigenvalue weighted by Crippen LogP contribution is 2.36. The summed E-state index contributed by atoms with van der Waals surface area (Å²) in [5, 5.41) is 5.24. The van der Waals surface area contributed by atoms with Crippen LogP contribution < -0.4 is 9.88 Å². The summed E-state index contributed by atoms with van der Waals surface area (Å²) in [5.74, 6) is -1.68. The topological polar surface area (TPSA) is 82.3 Å². The summed E-state index contributed by atoms with van der Waals surface area (Å²) in [4.78, 5) is 3.21. The van der Waals surface area contributed by atoms with E-state index in [1.165, 1.54) is 13.3 Å². The molecule has 0 amide bonds. The molecule has 0 atom stereocenters. The molecule has 0 unspecified atom stereocenters. The Morgan fingerprint density at radius 1 is 1.07 bits per heavy atom. The fourth-order valence-electron chi connectivity index (χ4n) is 2.61.